The highest BCUT2D eigenvalue weighted by Gasteiger charge is 2.33. The molecule has 2 unspecified atom stereocenters. The summed E-state index contributed by atoms with van der Waals surface area (Å²) in [5.41, 5.74) is 1.45. The van der Waals surface area contributed by atoms with Gasteiger partial charge in [0.25, 0.3) is 0 Å². The molecule has 1 aromatic rings. The molecule has 1 N–H and O–H groups in total. The number of halogens is 2. The van der Waals surface area contributed by atoms with E-state index < -0.39 is 0 Å². The molecule has 0 amide bonds. The van der Waals surface area contributed by atoms with Gasteiger partial charge in [0.05, 0.1) is 5.02 Å². The van der Waals surface area contributed by atoms with E-state index in [1.165, 1.54) is 5.69 Å². The Balaban J connectivity index is 2.29. The zero-order valence-electron chi connectivity index (χ0n) is 11.8. The number of nitrogens with zero attached hydrogens (tertiary/aromatic N) is 1. The molecular weight excluding hydrogens is 324 g/mol. The molecule has 0 saturated carbocycles. The lowest BCUT2D eigenvalue weighted by Gasteiger charge is -2.47. The minimum Gasteiger partial charge on any atom is -0.365 e. The minimum absolute atomic E-state index is 0.192. The van der Waals surface area contributed by atoms with Gasteiger partial charge in [0, 0.05) is 34.8 Å². The summed E-state index contributed by atoms with van der Waals surface area (Å²) in [6.07, 6.45) is 2.28. The first-order chi connectivity index (χ1) is 8.99. The van der Waals surface area contributed by atoms with Gasteiger partial charge in [-0.2, -0.15) is 0 Å². The monoisotopic (exact) mass is 344 g/mol. The highest BCUT2D eigenvalue weighted by molar-refractivity contribution is 9.10. The standard InChI is InChI=1S/C15H22BrClN2/c1-4-11-9-18-15(3,5-2)10-19(11)12-6-7-14(17)13(16)8-12/h6-8,11,18H,4-5,9-10H2,1-3H3. The van der Waals surface area contributed by atoms with Crippen molar-refractivity contribution in [3.63, 3.8) is 0 Å². The average molecular weight is 346 g/mol. The van der Waals surface area contributed by atoms with Gasteiger partial charge in [-0.15, -0.1) is 0 Å². The number of hydrogen-bond acceptors (Lipinski definition) is 2. The first-order valence-corrected chi connectivity index (χ1v) is 8.13. The summed E-state index contributed by atoms with van der Waals surface area (Å²) >= 11 is 9.62. The van der Waals surface area contributed by atoms with Crippen molar-refractivity contribution in [3.05, 3.63) is 27.7 Å². The van der Waals surface area contributed by atoms with Crippen molar-refractivity contribution < 1.29 is 0 Å². The fourth-order valence-corrected chi connectivity index (χ4v) is 3.09. The third-order valence-electron chi connectivity index (χ3n) is 4.21. The molecule has 0 spiro atoms. The van der Waals surface area contributed by atoms with Gasteiger partial charge in [-0.25, -0.2) is 0 Å². The van der Waals surface area contributed by atoms with Crippen molar-refractivity contribution >= 4 is 33.2 Å². The maximum Gasteiger partial charge on any atom is 0.0549 e. The molecule has 1 fully saturated rings. The van der Waals surface area contributed by atoms with E-state index in [1.807, 2.05) is 6.07 Å². The molecule has 1 aromatic carbocycles. The summed E-state index contributed by atoms with van der Waals surface area (Å²) in [6.45, 7) is 8.88. The molecule has 19 heavy (non-hydrogen) atoms. The second-order valence-electron chi connectivity index (χ2n) is 5.58. The Hall–Kier alpha value is -0.250. The van der Waals surface area contributed by atoms with Gasteiger partial charge in [0.15, 0.2) is 0 Å². The van der Waals surface area contributed by atoms with Crippen LogP contribution in [0.5, 0.6) is 0 Å². The molecule has 4 heteroatoms. The number of benzene rings is 1. The minimum atomic E-state index is 0.192. The number of piperazine rings is 1. The van der Waals surface area contributed by atoms with E-state index in [2.05, 4.69) is 59.1 Å². The molecule has 1 heterocycles. The molecule has 0 aliphatic carbocycles. The largest absolute Gasteiger partial charge is 0.365 e. The summed E-state index contributed by atoms with van der Waals surface area (Å²) in [7, 11) is 0. The topological polar surface area (TPSA) is 15.3 Å². The van der Waals surface area contributed by atoms with Crippen molar-refractivity contribution in [1.82, 2.24) is 5.32 Å². The highest BCUT2D eigenvalue weighted by Crippen LogP contribution is 2.31. The van der Waals surface area contributed by atoms with Gasteiger partial charge in [-0.3, -0.25) is 0 Å². The predicted octanol–water partition coefficient (Wildman–Crippen LogP) is 4.46. The first kappa shape index (κ1) is 15.1. The van der Waals surface area contributed by atoms with Crippen molar-refractivity contribution in [3.8, 4) is 0 Å². The summed E-state index contributed by atoms with van der Waals surface area (Å²) < 4.78 is 0.971. The van der Waals surface area contributed by atoms with Crippen molar-refractivity contribution in [2.24, 2.45) is 0 Å². The Kier molecular flexibility index (Phi) is 4.80. The maximum atomic E-state index is 6.10. The van der Waals surface area contributed by atoms with Crippen LogP contribution in [0.25, 0.3) is 0 Å². The van der Waals surface area contributed by atoms with E-state index in [0.717, 1.165) is 35.4 Å². The van der Waals surface area contributed by atoms with E-state index in [0.29, 0.717) is 6.04 Å². The Morgan fingerprint density at radius 1 is 1.47 bits per heavy atom. The van der Waals surface area contributed by atoms with Gasteiger partial charge < -0.3 is 10.2 Å². The molecule has 1 aliphatic heterocycles. The third kappa shape index (κ3) is 3.26. The summed E-state index contributed by atoms with van der Waals surface area (Å²) in [6, 6.07) is 6.77. The fraction of sp³-hybridized carbons (Fsp3) is 0.600. The van der Waals surface area contributed by atoms with E-state index in [-0.39, 0.29) is 5.54 Å². The molecule has 0 aromatic heterocycles. The molecule has 2 rings (SSSR count). The molecule has 2 nitrogen and oxygen atoms in total. The average Bonchev–Trinajstić information content (AvgIpc) is 2.42. The van der Waals surface area contributed by atoms with Gasteiger partial charge in [-0.1, -0.05) is 25.4 Å². The lowest BCUT2D eigenvalue weighted by Crippen LogP contribution is -2.62. The number of hydrogen-bond donors (Lipinski definition) is 1. The summed E-state index contributed by atoms with van der Waals surface area (Å²) in [5.74, 6) is 0. The van der Waals surface area contributed by atoms with Crippen LogP contribution in [0.1, 0.15) is 33.6 Å². The van der Waals surface area contributed by atoms with E-state index >= 15 is 0 Å². The molecule has 1 saturated heterocycles. The van der Waals surface area contributed by atoms with Crippen LogP contribution in [0.3, 0.4) is 0 Å². The number of rotatable bonds is 3. The van der Waals surface area contributed by atoms with Crippen molar-refractivity contribution in [2.45, 2.75) is 45.2 Å². The fourth-order valence-electron chi connectivity index (χ4n) is 2.60. The second kappa shape index (κ2) is 6.02. The summed E-state index contributed by atoms with van der Waals surface area (Å²) in [4.78, 5) is 2.51. The van der Waals surface area contributed by atoms with Crippen LogP contribution in [0, 0.1) is 0 Å². The lowest BCUT2D eigenvalue weighted by molar-refractivity contribution is 0.276. The molecule has 0 radical (unpaired) electrons. The van der Waals surface area contributed by atoms with Crippen LogP contribution in [0.2, 0.25) is 5.02 Å². The normalized spacial score (nSPS) is 27.6. The van der Waals surface area contributed by atoms with Gasteiger partial charge in [-0.05, 0) is 53.9 Å². The Morgan fingerprint density at radius 3 is 2.79 bits per heavy atom. The Labute approximate surface area is 129 Å². The predicted molar refractivity (Wildman–Crippen MR) is 87.3 cm³/mol. The van der Waals surface area contributed by atoms with Gasteiger partial charge >= 0.3 is 0 Å². The van der Waals surface area contributed by atoms with Crippen molar-refractivity contribution in [1.29, 1.82) is 0 Å². The molecular formula is C15H22BrClN2. The molecule has 1 aliphatic rings. The smallest absolute Gasteiger partial charge is 0.0549 e. The SMILES string of the molecule is CCC1CNC(C)(CC)CN1c1ccc(Cl)c(Br)c1. The quantitative estimate of drug-likeness (QED) is 0.870. The van der Waals surface area contributed by atoms with Crippen LogP contribution in [-0.2, 0) is 0 Å². The zero-order chi connectivity index (χ0) is 14.0. The lowest BCUT2D eigenvalue weighted by atomic mass is 9.92. The van der Waals surface area contributed by atoms with Crippen LogP contribution in [0.15, 0.2) is 22.7 Å². The maximum absolute atomic E-state index is 6.10. The van der Waals surface area contributed by atoms with E-state index in [1.54, 1.807) is 0 Å². The third-order valence-corrected chi connectivity index (χ3v) is 5.42. The van der Waals surface area contributed by atoms with Crippen LogP contribution < -0.4 is 10.2 Å². The number of anilines is 1. The van der Waals surface area contributed by atoms with Crippen LogP contribution in [-0.4, -0.2) is 24.7 Å². The van der Waals surface area contributed by atoms with Crippen LogP contribution >= 0.6 is 27.5 Å². The van der Waals surface area contributed by atoms with Crippen molar-refractivity contribution in [2.75, 3.05) is 18.0 Å². The van der Waals surface area contributed by atoms with Crippen LogP contribution in [0.4, 0.5) is 5.69 Å². The summed E-state index contributed by atoms with van der Waals surface area (Å²) in [5, 5.41) is 4.46. The zero-order valence-corrected chi connectivity index (χ0v) is 14.2. The Morgan fingerprint density at radius 2 is 2.21 bits per heavy atom. The first-order valence-electron chi connectivity index (χ1n) is 6.96. The van der Waals surface area contributed by atoms with Gasteiger partial charge in [0.2, 0.25) is 0 Å². The highest BCUT2D eigenvalue weighted by atomic mass is 79.9. The van der Waals surface area contributed by atoms with E-state index in [9.17, 15) is 0 Å². The van der Waals surface area contributed by atoms with E-state index in [4.69, 9.17) is 11.6 Å². The molecule has 2 atom stereocenters. The molecule has 106 valence electrons. The Bertz CT molecular complexity index is 452. The second-order valence-corrected chi connectivity index (χ2v) is 6.85. The number of nitrogens with one attached hydrogen (secondary N) is 1. The molecule has 0 bridgehead atoms. The van der Waals surface area contributed by atoms with Gasteiger partial charge in [0.1, 0.15) is 0 Å².